The van der Waals surface area contributed by atoms with Crippen molar-refractivity contribution in [3.63, 3.8) is 0 Å². The number of quaternary nitrogens is 1. The zero-order valence-electron chi connectivity index (χ0n) is 16.1. The monoisotopic (exact) mass is 388 g/mol. The van der Waals surface area contributed by atoms with E-state index in [1.54, 1.807) is 12.1 Å². The van der Waals surface area contributed by atoms with Crippen LogP contribution in [0.3, 0.4) is 0 Å². The number of anilines is 1. The van der Waals surface area contributed by atoms with Gasteiger partial charge in [-0.2, -0.15) is 0 Å². The lowest BCUT2D eigenvalue weighted by molar-refractivity contribution is -0.881. The minimum Gasteiger partial charge on any atom is -0.347 e. The molecule has 0 bridgehead atoms. The summed E-state index contributed by atoms with van der Waals surface area (Å²) in [7, 11) is 0. The fourth-order valence-electron chi connectivity index (χ4n) is 2.75. The summed E-state index contributed by atoms with van der Waals surface area (Å²) in [6.07, 6.45) is 0. The zero-order valence-corrected chi connectivity index (χ0v) is 16.8. The molecule has 27 heavy (non-hydrogen) atoms. The first-order valence-corrected chi connectivity index (χ1v) is 9.47. The van der Waals surface area contributed by atoms with Crippen molar-refractivity contribution in [2.45, 2.75) is 27.3 Å². The summed E-state index contributed by atoms with van der Waals surface area (Å²) in [6, 6.07) is 13.3. The van der Waals surface area contributed by atoms with Gasteiger partial charge in [-0.3, -0.25) is 9.59 Å². The van der Waals surface area contributed by atoms with Crippen LogP contribution >= 0.6 is 11.6 Å². The summed E-state index contributed by atoms with van der Waals surface area (Å²) in [5.74, 6) is -0.203. The molecular weight excluding hydrogens is 362 g/mol. The highest BCUT2D eigenvalue weighted by Crippen LogP contribution is 2.19. The average molecular weight is 389 g/mol. The third kappa shape index (κ3) is 6.70. The SMILES string of the molecule is CC[NH+](CC(=O)NCc1ccccc1C)CC(=O)Nc1cc(Cl)ccc1C. The van der Waals surface area contributed by atoms with Gasteiger partial charge in [0.05, 0.1) is 6.54 Å². The van der Waals surface area contributed by atoms with Crippen molar-refractivity contribution in [3.05, 3.63) is 64.2 Å². The third-order valence-corrected chi connectivity index (χ3v) is 4.77. The average Bonchev–Trinajstić information content (AvgIpc) is 2.63. The van der Waals surface area contributed by atoms with Crippen molar-refractivity contribution in [3.8, 4) is 0 Å². The van der Waals surface area contributed by atoms with Gasteiger partial charge in [0.1, 0.15) is 0 Å². The molecule has 1 unspecified atom stereocenters. The van der Waals surface area contributed by atoms with Gasteiger partial charge in [-0.15, -0.1) is 0 Å². The number of aryl methyl sites for hydroxylation is 2. The van der Waals surface area contributed by atoms with Crippen LogP contribution < -0.4 is 15.5 Å². The molecule has 5 nitrogen and oxygen atoms in total. The van der Waals surface area contributed by atoms with Crippen LogP contribution in [0, 0.1) is 13.8 Å². The van der Waals surface area contributed by atoms with Crippen LogP contribution in [0.25, 0.3) is 0 Å². The van der Waals surface area contributed by atoms with Crippen LogP contribution in [0.5, 0.6) is 0 Å². The molecule has 2 aromatic rings. The molecule has 0 fully saturated rings. The predicted octanol–water partition coefficient (Wildman–Crippen LogP) is 2.12. The summed E-state index contributed by atoms with van der Waals surface area (Å²) in [5, 5.41) is 6.39. The highest BCUT2D eigenvalue weighted by Gasteiger charge is 2.17. The van der Waals surface area contributed by atoms with Crippen LogP contribution in [0.4, 0.5) is 5.69 Å². The van der Waals surface area contributed by atoms with Gasteiger partial charge in [0.25, 0.3) is 11.8 Å². The van der Waals surface area contributed by atoms with Crippen molar-refractivity contribution < 1.29 is 14.5 Å². The molecule has 0 aliphatic heterocycles. The summed E-state index contributed by atoms with van der Waals surface area (Å²) in [5.41, 5.74) is 3.89. The minimum atomic E-state index is -0.135. The number of hydrogen-bond acceptors (Lipinski definition) is 2. The van der Waals surface area contributed by atoms with E-state index >= 15 is 0 Å². The quantitative estimate of drug-likeness (QED) is 0.648. The van der Waals surface area contributed by atoms with E-state index < -0.39 is 0 Å². The maximum atomic E-state index is 12.3. The fourth-order valence-corrected chi connectivity index (χ4v) is 2.93. The van der Waals surface area contributed by atoms with Crippen molar-refractivity contribution in [1.82, 2.24) is 5.32 Å². The number of carbonyl (C=O) groups is 2. The van der Waals surface area contributed by atoms with Crippen molar-refractivity contribution in [2.75, 3.05) is 25.0 Å². The molecule has 0 aliphatic rings. The highest BCUT2D eigenvalue weighted by atomic mass is 35.5. The molecular formula is C21H27ClN3O2+. The van der Waals surface area contributed by atoms with Crippen molar-refractivity contribution in [2.24, 2.45) is 0 Å². The van der Waals surface area contributed by atoms with Crippen LogP contribution in [0.1, 0.15) is 23.6 Å². The van der Waals surface area contributed by atoms with Gasteiger partial charge in [0.2, 0.25) is 0 Å². The number of benzene rings is 2. The number of rotatable bonds is 8. The highest BCUT2D eigenvalue weighted by molar-refractivity contribution is 6.31. The molecule has 2 rings (SSSR count). The van der Waals surface area contributed by atoms with E-state index in [9.17, 15) is 9.59 Å². The summed E-state index contributed by atoms with van der Waals surface area (Å²) in [6.45, 7) is 7.55. The van der Waals surface area contributed by atoms with Gasteiger partial charge >= 0.3 is 0 Å². The number of carbonyl (C=O) groups excluding carboxylic acids is 2. The van der Waals surface area contributed by atoms with Crippen molar-refractivity contribution in [1.29, 1.82) is 0 Å². The van der Waals surface area contributed by atoms with Gasteiger partial charge in [0.15, 0.2) is 13.1 Å². The van der Waals surface area contributed by atoms with Gasteiger partial charge in [-0.25, -0.2) is 0 Å². The molecule has 0 saturated carbocycles. The summed E-state index contributed by atoms with van der Waals surface area (Å²) in [4.78, 5) is 25.5. The van der Waals surface area contributed by atoms with Crippen LogP contribution in [0.2, 0.25) is 5.02 Å². The van der Waals surface area contributed by atoms with E-state index in [0.29, 0.717) is 23.8 Å². The van der Waals surface area contributed by atoms with E-state index in [-0.39, 0.29) is 24.9 Å². The second kappa shape index (κ2) is 10.1. The molecule has 0 aliphatic carbocycles. The lowest BCUT2D eigenvalue weighted by atomic mass is 10.1. The molecule has 0 spiro atoms. The Bertz CT molecular complexity index is 808. The molecule has 2 amide bonds. The number of amides is 2. The first kappa shape index (κ1) is 20.9. The van der Waals surface area contributed by atoms with Gasteiger partial charge in [0, 0.05) is 17.3 Å². The standard InChI is InChI=1S/C21H26ClN3O2/c1-4-25(13-20(26)23-12-17-8-6-5-7-15(17)2)14-21(27)24-19-11-18(22)10-9-16(19)3/h5-11H,4,12-14H2,1-3H3,(H,23,26)(H,24,27)/p+1. The Kier molecular flexibility index (Phi) is 7.82. The van der Waals surface area contributed by atoms with E-state index in [4.69, 9.17) is 11.6 Å². The molecule has 0 aromatic heterocycles. The zero-order chi connectivity index (χ0) is 19.8. The maximum absolute atomic E-state index is 12.3. The van der Waals surface area contributed by atoms with E-state index in [2.05, 4.69) is 10.6 Å². The van der Waals surface area contributed by atoms with E-state index in [1.807, 2.05) is 51.1 Å². The molecule has 1 atom stereocenters. The van der Waals surface area contributed by atoms with E-state index in [0.717, 1.165) is 21.6 Å². The smallest absolute Gasteiger partial charge is 0.279 e. The molecule has 0 radical (unpaired) electrons. The Morgan fingerprint density at radius 2 is 1.70 bits per heavy atom. The molecule has 6 heteroatoms. The number of halogens is 1. The Labute approximate surface area is 165 Å². The summed E-state index contributed by atoms with van der Waals surface area (Å²) < 4.78 is 0. The first-order chi connectivity index (χ1) is 12.9. The Morgan fingerprint density at radius 3 is 2.41 bits per heavy atom. The minimum absolute atomic E-state index is 0.0677. The Hall–Kier alpha value is -2.37. The van der Waals surface area contributed by atoms with Gasteiger partial charge < -0.3 is 15.5 Å². The maximum Gasteiger partial charge on any atom is 0.279 e. The van der Waals surface area contributed by atoms with E-state index in [1.165, 1.54) is 0 Å². The lowest BCUT2D eigenvalue weighted by Gasteiger charge is -2.17. The third-order valence-electron chi connectivity index (χ3n) is 4.53. The van der Waals surface area contributed by atoms with Gasteiger partial charge in [-0.1, -0.05) is 41.9 Å². The predicted molar refractivity (Wildman–Crippen MR) is 109 cm³/mol. The van der Waals surface area contributed by atoms with Crippen LogP contribution in [-0.2, 0) is 16.1 Å². The topological polar surface area (TPSA) is 62.6 Å². The fraction of sp³-hybridized carbons (Fsp3) is 0.333. The van der Waals surface area contributed by atoms with Gasteiger partial charge in [-0.05, 0) is 49.6 Å². The summed E-state index contributed by atoms with van der Waals surface area (Å²) >= 11 is 5.99. The Balaban J connectivity index is 1.85. The largest absolute Gasteiger partial charge is 0.347 e. The second-order valence-electron chi connectivity index (χ2n) is 6.67. The molecule has 2 aromatic carbocycles. The lowest BCUT2D eigenvalue weighted by Crippen LogP contribution is -3.14. The van der Waals surface area contributed by atoms with Crippen molar-refractivity contribution >= 4 is 29.1 Å². The molecule has 0 saturated heterocycles. The number of nitrogens with one attached hydrogen (secondary N) is 3. The van der Waals surface area contributed by atoms with Crippen LogP contribution in [0.15, 0.2) is 42.5 Å². The van der Waals surface area contributed by atoms with Crippen LogP contribution in [-0.4, -0.2) is 31.4 Å². The molecule has 144 valence electrons. The normalized spacial score (nSPS) is 11.7. The number of hydrogen-bond donors (Lipinski definition) is 3. The molecule has 0 heterocycles. The second-order valence-corrected chi connectivity index (χ2v) is 7.10. The Morgan fingerprint density at radius 1 is 1.00 bits per heavy atom. The number of likely N-dealkylation sites (N-methyl/N-ethyl adjacent to an activating group) is 1. The first-order valence-electron chi connectivity index (χ1n) is 9.09. The molecule has 3 N–H and O–H groups in total.